The first-order valence-corrected chi connectivity index (χ1v) is 13.3. The molecule has 7 nitrogen and oxygen atoms in total. The van der Waals surface area contributed by atoms with Crippen molar-refractivity contribution in [3.63, 3.8) is 0 Å². The lowest BCUT2D eigenvalue weighted by Crippen LogP contribution is -2.30. The van der Waals surface area contributed by atoms with Crippen LogP contribution in [0.2, 0.25) is 0 Å². The second-order valence-corrected chi connectivity index (χ2v) is 10.5. The maximum atomic E-state index is 13.5. The van der Waals surface area contributed by atoms with E-state index in [-0.39, 0.29) is 23.6 Å². The van der Waals surface area contributed by atoms with Crippen LogP contribution >= 0.6 is 23.5 Å². The lowest BCUT2D eigenvalue weighted by atomic mass is 10.1. The van der Waals surface area contributed by atoms with E-state index in [1.54, 1.807) is 22.7 Å². The van der Waals surface area contributed by atoms with Crippen molar-refractivity contribution in [2.24, 2.45) is 7.05 Å². The van der Waals surface area contributed by atoms with Gasteiger partial charge in [-0.1, -0.05) is 65.5 Å². The third-order valence-corrected chi connectivity index (χ3v) is 8.03. The van der Waals surface area contributed by atoms with E-state index < -0.39 is 0 Å². The Morgan fingerprint density at radius 1 is 0.972 bits per heavy atom. The molecule has 1 aromatic heterocycles. The van der Waals surface area contributed by atoms with Crippen LogP contribution in [0.25, 0.3) is 0 Å². The number of anilines is 2. The van der Waals surface area contributed by atoms with E-state index in [9.17, 15) is 9.59 Å². The average molecular weight is 516 g/mol. The Bertz CT molecular complexity index is 1410. The largest absolute Gasteiger partial charge is 0.342 e. The Morgan fingerprint density at radius 3 is 2.31 bits per heavy atom. The summed E-state index contributed by atoms with van der Waals surface area (Å²) in [4.78, 5) is 30.0. The zero-order valence-corrected chi connectivity index (χ0v) is 21.8. The van der Waals surface area contributed by atoms with Gasteiger partial charge < -0.3 is 9.88 Å². The van der Waals surface area contributed by atoms with Crippen molar-refractivity contribution in [2.75, 3.05) is 10.7 Å². The van der Waals surface area contributed by atoms with E-state index in [0.717, 1.165) is 26.7 Å². The number of aryl methyl sites for hydroxylation is 1. The molecular formula is C27H25N5O2S2. The fourth-order valence-corrected chi connectivity index (χ4v) is 5.95. The van der Waals surface area contributed by atoms with Gasteiger partial charge in [-0.2, -0.15) is 0 Å². The summed E-state index contributed by atoms with van der Waals surface area (Å²) < 4.78 is 1.83. The Morgan fingerprint density at radius 2 is 1.64 bits per heavy atom. The molecule has 0 radical (unpaired) electrons. The summed E-state index contributed by atoms with van der Waals surface area (Å²) in [6.07, 6.45) is 0. The van der Waals surface area contributed by atoms with Crippen molar-refractivity contribution in [2.45, 2.75) is 34.8 Å². The van der Waals surface area contributed by atoms with Crippen LogP contribution in [0.3, 0.4) is 0 Å². The SMILES string of the molecule is Cc1cccc(C(=O)NC(C)c2nnc(SCC(=O)N3c4ccccc4Sc4ccccc43)n2C)c1. The summed E-state index contributed by atoms with van der Waals surface area (Å²) in [5.74, 6) is 0.615. The second-order valence-electron chi connectivity index (χ2n) is 8.52. The summed E-state index contributed by atoms with van der Waals surface area (Å²) in [7, 11) is 1.85. The molecule has 1 atom stereocenters. The van der Waals surface area contributed by atoms with E-state index in [1.807, 2.05) is 92.2 Å². The van der Waals surface area contributed by atoms with Gasteiger partial charge in [0.05, 0.1) is 23.2 Å². The molecule has 2 amide bonds. The van der Waals surface area contributed by atoms with Gasteiger partial charge in [-0.05, 0) is 50.2 Å². The van der Waals surface area contributed by atoms with Crippen molar-refractivity contribution >= 4 is 46.7 Å². The molecule has 0 spiro atoms. The molecule has 0 saturated carbocycles. The fourth-order valence-electron chi connectivity index (χ4n) is 4.12. The summed E-state index contributed by atoms with van der Waals surface area (Å²) in [5, 5.41) is 12.2. The van der Waals surface area contributed by atoms with Crippen LogP contribution < -0.4 is 10.2 Å². The zero-order chi connectivity index (χ0) is 25.2. The second kappa shape index (κ2) is 10.2. The average Bonchev–Trinajstić information content (AvgIpc) is 3.25. The molecule has 0 fully saturated rings. The van der Waals surface area contributed by atoms with Crippen molar-refractivity contribution in [1.82, 2.24) is 20.1 Å². The molecule has 1 aliphatic rings. The van der Waals surface area contributed by atoms with Crippen LogP contribution in [-0.2, 0) is 11.8 Å². The van der Waals surface area contributed by atoms with Crippen molar-refractivity contribution < 1.29 is 9.59 Å². The molecule has 0 saturated heterocycles. The lowest BCUT2D eigenvalue weighted by molar-refractivity contribution is -0.115. The highest BCUT2D eigenvalue weighted by atomic mass is 32.2. The Kier molecular flexibility index (Phi) is 6.84. The molecule has 0 aliphatic carbocycles. The molecule has 5 rings (SSSR count). The smallest absolute Gasteiger partial charge is 0.251 e. The Balaban J connectivity index is 1.29. The molecule has 36 heavy (non-hydrogen) atoms. The minimum absolute atomic E-state index is 0.0365. The monoisotopic (exact) mass is 515 g/mol. The van der Waals surface area contributed by atoms with E-state index in [0.29, 0.717) is 16.5 Å². The number of nitrogens with zero attached hydrogens (tertiary/aromatic N) is 4. The Labute approximate surface area is 218 Å². The van der Waals surface area contributed by atoms with Crippen LogP contribution in [0.15, 0.2) is 87.7 Å². The number of carbonyl (C=O) groups is 2. The van der Waals surface area contributed by atoms with Gasteiger partial charge in [-0.15, -0.1) is 10.2 Å². The minimum atomic E-state index is -0.349. The summed E-state index contributed by atoms with van der Waals surface area (Å²) in [6.45, 7) is 3.82. The molecule has 3 aromatic carbocycles. The number of para-hydroxylation sites is 2. The van der Waals surface area contributed by atoms with Crippen molar-refractivity contribution in [1.29, 1.82) is 0 Å². The first kappa shape index (κ1) is 24.1. The third-order valence-electron chi connectivity index (χ3n) is 5.89. The van der Waals surface area contributed by atoms with Gasteiger partial charge in [0, 0.05) is 22.4 Å². The number of thioether (sulfide) groups is 1. The molecule has 0 bridgehead atoms. The first-order valence-electron chi connectivity index (χ1n) is 11.5. The van der Waals surface area contributed by atoms with Gasteiger partial charge >= 0.3 is 0 Å². The van der Waals surface area contributed by atoms with Crippen molar-refractivity contribution in [3.05, 3.63) is 89.7 Å². The highest BCUT2D eigenvalue weighted by Gasteiger charge is 2.28. The van der Waals surface area contributed by atoms with Gasteiger partial charge in [0.15, 0.2) is 11.0 Å². The number of benzene rings is 3. The van der Waals surface area contributed by atoms with E-state index in [4.69, 9.17) is 0 Å². The number of hydrogen-bond donors (Lipinski definition) is 1. The van der Waals surface area contributed by atoms with Gasteiger partial charge in [0.2, 0.25) is 5.91 Å². The topological polar surface area (TPSA) is 80.1 Å². The van der Waals surface area contributed by atoms with E-state index >= 15 is 0 Å². The van der Waals surface area contributed by atoms with Crippen LogP contribution in [-0.4, -0.2) is 32.3 Å². The van der Waals surface area contributed by atoms with E-state index in [2.05, 4.69) is 15.5 Å². The van der Waals surface area contributed by atoms with Crippen LogP contribution in [0.1, 0.15) is 34.7 Å². The number of amides is 2. The van der Waals surface area contributed by atoms with Gasteiger partial charge in [-0.25, -0.2) is 0 Å². The molecular weight excluding hydrogens is 490 g/mol. The van der Waals surface area contributed by atoms with Gasteiger partial charge in [0.1, 0.15) is 0 Å². The fraction of sp³-hybridized carbons (Fsp3) is 0.185. The summed E-state index contributed by atoms with van der Waals surface area (Å²) >= 11 is 3.00. The normalized spacial score (nSPS) is 13.0. The summed E-state index contributed by atoms with van der Waals surface area (Å²) in [5.41, 5.74) is 3.40. The number of carbonyl (C=O) groups excluding carboxylic acids is 2. The van der Waals surface area contributed by atoms with Gasteiger partial charge in [-0.3, -0.25) is 14.5 Å². The molecule has 1 N–H and O–H groups in total. The number of hydrogen-bond acceptors (Lipinski definition) is 6. The molecule has 1 aliphatic heterocycles. The predicted octanol–water partition coefficient (Wildman–Crippen LogP) is 5.54. The third kappa shape index (κ3) is 4.76. The van der Waals surface area contributed by atoms with Crippen LogP contribution in [0.5, 0.6) is 0 Å². The standard InChI is InChI=1S/C27H25N5O2S2/c1-17-9-8-10-19(15-17)26(34)28-18(2)25-29-30-27(31(25)3)35-16-24(33)32-20-11-4-6-13-22(20)36-23-14-7-5-12-21(23)32/h4-15,18H,16H2,1-3H3,(H,28,34). The predicted molar refractivity (Wildman–Crippen MR) is 143 cm³/mol. The Hall–Kier alpha value is -3.56. The van der Waals surface area contributed by atoms with Crippen LogP contribution in [0, 0.1) is 6.92 Å². The highest BCUT2D eigenvalue weighted by molar-refractivity contribution is 8.00. The molecule has 2 heterocycles. The zero-order valence-electron chi connectivity index (χ0n) is 20.1. The minimum Gasteiger partial charge on any atom is -0.342 e. The van der Waals surface area contributed by atoms with Gasteiger partial charge in [0.25, 0.3) is 5.91 Å². The molecule has 9 heteroatoms. The summed E-state index contributed by atoms with van der Waals surface area (Å²) in [6, 6.07) is 23.0. The lowest BCUT2D eigenvalue weighted by Gasteiger charge is -2.30. The quantitative estimate of drug-likeness (QED) is 0.340. The number of aromatic nitrogens is 3. The number of nitrogens with one attached hydrogen (secondary N) is 1. The molecule has 1 unspecified atom stereocenters. The first-order chi connectivity index (χ1) is 17.4. The van der Waals surface area contributed by atoms with Crippen LogP contribution in [0.4, 0.5) is 11.4 Å². The van der Waals surface area contributed by atoms with E-state index in [1.165, 1.54) is 11.8 Å². The molecule has 4 aromatic rings. The maximum Gasteiger partial charge on any atom is 0.251 e. The van der Waals surface area contributed by atoms with Crippen molar-refractivity contribution in [3.8, 4) is 0 Å². The number of rotatable bonds is 6. The maximum absolute atomic E-state index is 13.5. The molecule has 182 valence electrons. The highest BCUT2D eigenvalue weighted by Crippen LogP contribution is 2.48. The number of fused-ring (bicyclic) bond motifs is 2.